The normalized spacial score (nSPS) is 19.9. The van der Waals surface area contributed by atoms with Crippen molar-refractivity contribution < 1.29 is 4.74 Å². The van der Waals surface area contributed by atoms with Crippen LogP contribution in [0.25, 0.3) is 0 Å². The highest BCUT2D eigenvalue weighted by atomic mass is 35.5. The van der Waals surface area contributed by atoms with Gasteiger partial charge in [0.15, 0.2) is 0 Å². The van der Waals surface area contributed by atoms with Gasteiger partial charge in [0.1, 0.15) is 5.75 Å². The van der Waals surface area contributed by atoms with E-state index in [9.17, 15) is 0 Å². The maximum atomic E-state index is 6.29. The van der Waals surface area contributed by atoms with Crippen LogP contribution < -0.4 is 10.5 Å². The zero-order chi connectivity index (χ0) is 11.7. The van der Waals surface area contributed by atoms with E-state index in [1.807, 2.05) is 13.0 Å². The third-order valence-electron chi connectivity index (χ3n) is 3.34. The lowest BCUT2D eigenvalue weighted by Crippen LogP contribution is -2.13. The van der Waals surface area contributed by atoms with E-state index in [1.54, 1.807) is 0 Å². The highest BCUT2D eigenvalue weighted by molar-refractivity contribution is 6.32. The maximum Gasteiger partial charge on any atom is 0.123 e. The first-order valence-electron chi connectivity index (χ1n) is 5.77. The first kappa shape index (κ1) is 11.7. The minimum absolute atomic E-state index is 0.385. The van der Waals surface area contributed by atoms with E-state index in [0.717, 1.165) is 41.3 Å². The predicted octanol–water partition coefficient (Wildman–Crippen LogP) is 3.17. The van der Waals surface area contributed by atoms with Gasteiger partial charge in [-0.1, -0.05) is 11.6 Å². The molecule has 2 rings (SSSR count). The van der Waals surface area contributed by atoms with Crippen LogP contribution in [0.4, 0.5) is 0 Å². The van der Waals surface area contributed by atoms with Crippen LogP contribution in [0.2, 0.25) is 5.02 Å². The van der Waals surface area contributed by atoms with Gasteiger partial charge in [0.05, 0.1) is 6.61 Å². The second kappa shape index (κ2) is 4.64. The van der Waals surface area contributed by atoms with Crippen LogP contribution in [0.3, 0.4) is 0 Å². The van der Waals surface area contributed by atoms with Crippen LogP contribution in [0.15, 0.2) is 6.07 Å². The van der Waals surface area contributed by atoms with Gasteiger partial charge < -0.3 is 10.5 Å². The number of hydrogen-bond acceptors (Lipinski definition) is 2. The summed E-state index contributed by atoms with van der Waals surface area (Å²) in [4.78, 5) is 0. The molecular weight excluding hydrogens is 222 g/mol. The molecule has 0 spiro atoms. The molecule has 2 N–H and O–H groups in total. The summed E-state index contributed by atoms with van der Waals surface area (Å²) in [5.41, 5.74) is 9.28. The molecule has 0 amide bonds. The molecule has 3 heteroatoms. The summed E-state index contributed by atoms with van der Waals surface area (Å²) in [7, 11) is 0. The molecule has 1 aliphatic heterocycles. The van der Waals surface area contributed by atoms with Crippen molar-refractivity contribution in [2.45, 2.75) is 32.6 Å². The molecule has 0 fully saturated rings. The number of hydrogen-bond donors (Lipinski definition) is 1. The average Bonchev–Trinajstić information content (AvgIpc) is 2.48. The van der Waals surface area contributed by atoms with E-state index in [-0.39, 0.29) is 0 Å². The van der Waals surface area contributed by atoms with E-state index >= 15 is 0 Å². The van der Waals surface area contributed by atoms with E-state index < -0.39 is 0 Å². The molecule has 0 radical (unpaired) electrons. The molecule has 1 aromatic rings. The monoisotopic (exact) mass is 239 g/mol. The fourth-order valence-corrected chi connectivity index (χ4v) is 2.61. The SMILES string of the molecule is Cc1cc2c(c(C)c1Cl)C(CN)CCCO2. The van der Waals surface area contributed by atoms with Gasteiger partial charge in [0.2, 0.25) is 0 Å². The van der Waals surface area contributed by atoms with Gasteiger partial charge in [-0.25, -0.2) is 0 Å². The van der Waals surface area contributed by atoms with Gasteiger partial charge in [-0.05, 0) is 50.4 Å². The van der Waals surface area contributed by atoms with Gasteiger partial charge in [-0.15, -0.1) is 0 Å². The summed E-state index contributed by atoms with van der Waals surface area (Å²) in [6.45, 7) is 5.52. The van der Waals surface area contributed by atoms with Crippen LogP contribution in [0.1, 0.15) is 35.4 Å². The number of aryl methyl sites for hydroxylation is 1. The Morgan fingerprint density at radius 2 is 2.25 bits per heavy atom. The topological polar surface area (TPSA) is 35.2 Å². The summed E-state index contributed by atoms with van der Waals surface area (Å²) in [6.07, 6.45) is 2.15. The lowest BCUT2D eigenvalue weighted by atomic mass is 9.90. The maximum absolute atomic E-state index is 6.29. The van der Waals surface area contributed by atoms with E-state index in [1.165, 1.54) is 5.56 Å². The minimum atomic E-state index is 0.385. The zero-order valence-electron chi connectivity index (χ0n) is 9.85. The Morgan fingerprint density at radius 1 is 1.50 bits per heavy atom. The van der Waals surface area contributed by atoms with Crippen LogP contribution in [0.5, 0.6) is 5.75 Å². The minimum Gasteiger partial charge on any atom is -0.493 e. The van der Waals surface area contributed by atoms with Crippen LogP contribution in [0, 0.1) is 13.8 Å². The molecule has 0 saturated heterocycles. The molecular formula is C13H18ClNO. The van der Waals surface area contributed by atoms with Crippen molar-refractivity contribution in [1.29, 1.82) is 0 Å². The molecule has 1 heterocycles. The Hall–Kier alpha value is -0.730. The molecule has 0 aromatic heterocycles. The standard InChI is InChI=1S/C13H18ClNO/c1-8-6-11-12(9(2)13(8)14)10(7-15)4-3-5-16-11/h6,10H,3-5,7,15H2,1-2H3. The molecule has 88 valence electrons. The number of nitrogens with two attached hydrogens (primary N) is 1. The first-order valence-corrected chi connectivity index (χ1v) is 6.15. The summed E-state index contributed by atoms with van der Waals surface area (Å²) >= 11 is 6.29. The Bertz CT molecular complexity index is 403. The summed E-state index contributed by atoms with van der Waals surface area (Å²) in [5.74, 6) is 1.36. The Morgan fingerprint density at radius 3 is 2.94 bits per heavy atom. The van der Waals surface area contributed by atoms with E-state index in [4.69, 9.17) is 22.1 Å². The number of rotatable bonds is 1. The molecule has 1 aliphatic rings. The fourth-order valence-electron chi connectivity index (χ4n) is 2.46. The molecule has 0 saturated carbocycles. The Labute approximate surface area is 102 Å². The van der Waals surface area contributed by atoms with E-state index in [2.05, 4.69) is 6.92 Å². The highest BCUT2D eigenvalue weighted by Gasteiger charge is 2.22. The number of fused-ring (bicyclic) bond motifs is 1. The average molecular weight is 240 g/mol. The van der Waals surface area contributed by atoms with Gasteiger partial charge in [-0.2, -0.15) is 0 Å². The van der Waals surface area contributed by atoms with Crippen molar-refractivity contribution in [3.63, 3.8) is 0 Å². The largest absolute Gasteiger partial charge is 0.493 e. The van der Waals surface area contributed by atoms with Gasteiger partial charge in [-0.3, -0.25) is 0 Å². The summed E-state index contributed by atoms with van der Waals surface area (Å²) in [5, 5.41) is 0.850. The predicted molar refractivity (Wildman–Crippen MR) is 67.5 cm³/mol. The highest BCUT2D eigenvalue weighted by Crippen LogP contribution is 2.39. The van der Waals surface area contributed by atoms with Crippen molar-refractivity contribution in [3.8, 4) is 5.75 Å². The second-order valence-electron chi connectivity index (χ2n) is 4.47. The van der Waals surface area contributed by atoms with Crippen molar-refractivity contribution in [3.05, 3.63) is 27.8 Å². The zero-order valence-corrected chi connectivity index (χ0v) is 10.6. The summed E-state index contributed by atoms with van der Waals surface area (Å²) < 4.78 is 5.78. The fraction of sp³-hybridized carbons (Fsp3) is 0.538. The van der Waals surface area contributed by atoms with Crippen molar-refractivity contribution in [1.82, 2.24) is 0 Å². The molecule has 1 atom stereocenters. The number of ether oxygens (including phenoxy) is 1. The molecule has 0 aliphatic carbocycles. The van der Waals surface area contributed by atoms with Crippen molar-refractivity contribution in [2.75, 3.05) is 13.2 Å². The lowest BCUT2D eigenvalue weighted by Gasteiger charge is -2.19. The third-order valence-corrected chi connectivity index (χ3v) is 3.92. The molecule has 0 bridgehead atoms. The number of benzene rings is 1. The Balaban J connectivity index is 2.58. The smallest absolute Gasteiger partial charge is 0.123 e. The number of halogens is 1. The van der Waals surface area contributed by atoms with Crippen LogP contribution in [-0.2, 0) is 0 Å². The lowest BCUT2D eigenvalue weighted by molar-refractivity contribution is 0.316. The van der Waals surface area contributed by atoms with Crippen LogP contribution in [-0.4, -0.2) is 13.2 Å². The van der Waals surface area contributed by atoms with Gasteiger partial charge in [0, 0.05) is 16.5 Å². The van der Waals surface area contributed by atoms with E-state index in [0.29, 0.717) is 12.5 Å². The van der Waals surface area contributed by atoms with Crippen molar-refractivity contribution in [2.24, 2.45) is 5.73 Å². The molecule has 1 aromatic carbocycles. The van der Waals surface area contributed by atoms with Gasteiger partial charge >= 0.3 is 0 Å². The molecule has 16 heavy (non-hydrogen) atoms. The van der Waals surface area contributed by atoms with Gasteiger partial charge in [0.25, 0.3) is 0 Å². The summed E-state index contributed by atoms with van der Waals surface area (Å²) in [6, 6.07) is 2.04. The molecule has 2 nitrogen and oxygen atoms in total. The molecule has 1 unspecified atom stereocenters. The quantitative estimate of drug-likeness (QED) is 0.817. The third kappa shape index (κ3) is 1.92. The Kier molecular flexibility index (Phi) is 3.41. The first-order chi connectivity index (χ1) is 7.65. The second-order valence-corrected chi connectivity index (χ2v) is 4.85. The van der Waals surface area contributed by atoms with Crippen molar-refractivity contribution >= 4 is 11.6 Å². The van der Waals surface area contributed by atoms with Crippen LogP contribution >= 0.6 is 11.6 Å².